The number of benzene rings is 2. The Labute approximate surface area is 155 Å². The van der Waals surface area contributed by atoms with Gasteiger partial charge in [-0.2, -0.15) is 5.10 Å². The highest BCUT2D eigenvalue weighted by atomic mass is 16.5. The molecule has 0 saturated carbocycles. The van der Waals surface area contributed by atoms with Crippen molar-refractivity contribution in [3.05, 3.63) is 70.1 Å². The van der Waals surface area contributed by atoms with Gasteiger partial charge in [-0.05, 0) is 44.2 Å². The standard InChI is InChI=1S/C20H18N2O5/c1-12(2)22-18(23)16-7-5-4-6-15(16)17(21-22)20(25)27-14-10-8-13(9-11-14)19(24)26-3/h4-12H,1-3H3. The third-order valence-electron chi connectivity index (χ3n) is 4.00. The summed E-state index contributed by atoms with van der Waals surface area (Å²) in [5.74, 6) is -0.920. The van der Waals surface area contributed by atoms with Crippen LogP contribution in [0.3, 0.4) is 0 Å². The molecule has 138 valence electrons. The van der Waals surface area contributed by atoms with Crippen LogP contribution in [0.4, 0.5) is 0 Å². The Kier molecular flexibility index (Phi) is 5.03. The zero-order chi connectivity index (χ0) is 19.6. The average molecular weight is 366 g/mol. The average Bonchev–Trinajstić information content (AvgIpc) is 2.68. The highest BCUT2D eigenvalue weighted by Gasteiger charge is 2.19. The van der Waals surface area contributed by atoms with Gasteiger partial charge in [-0.1, -0.05) is 18.2 Å². The number of carbonyl (C=O) groups excluding carboxylic acids is 2. The van der Waals surface area contributed by atoms with Crippen LogP contribution in [-0.4, -0.2) is 28.8 Å². The number of methoxy groups -OCH3 is 1. The molecule has 0 atom stereocenters. The normalized spacial score (nSPS) is 10.8. The summed E-state index contributed by atoms with van der Waals surface area (Å²) in [7, 11) is 1.29. The molecule has 7 heteroatoms. The van der Waals surface area contributed by atoms with E-state index in [0.717, 1.165) is 0 Å². The maximum Gasteiger partial charge on any atom is 0.364 e. The fourth-order valence-electron chi connectivity index (χ4n) is 2.64. The predicted molar refractivity (Wildman–Crippen MR) is 99.1 cm³/mol. The Hall–Kier alpha value is -3.48. The minimum absolute atomic E-state index is 0.0518. The van der Waals surface area contributed by atoms with Crippen LogP contribution in [-0.2, 0) is 4.74 Å². The molecule has 0 N–H and O–H groups in total. The van der Waals surface area contributed by atoms with Gasteiger partial charge < -0.3 is 9.47 Å². The van der Waals surface area contributed by atoms with E-state index in [1.165, 1.54) is 36.1 Å². The van der Waals surface area contributed by atoms with Crippen molar-refractivity contribution in [3.63, 3.8) is 0 Å². The second-order valence-electron chi connectivity index (χ2n) is 6.14. The monoisotopic (exact) mass is 366 g/mol. The number of hydrogen-bond donors (Lipinski definition) is 0. The first-order valence-electron chi connectivity index (χ1n) is 8.34. The Balaban J connectivity index is 1.99. The third kappa shape index (κ3) is 3.57. The molecule has 0 amide bonds. The molecule has 1 heterocycles. The largest absolute Gasteiger partial charge is 0.465 e. The van der Waals surface area contributed by atoms with Crippen LogP contribution in [0.25, 0.3) is 10.8 Å². The molecule has 7 nitrogen and oxygen atoms in total. The Morgan fingerprint density at radius 2 is 1.59 bits per heavy atom. The predicted octanol–water partition coefficient (Wildman–Crippen LogP) is 2.98. The molecule has 0 fully saturated rings. The zero-order valence-corrected chi connectivity index (χ0v) is 15.1. The number of rotatable bonds is 4. The van der Waals surface area contributed by atoms with Crippen LogP contribution in [0.15, 0.2) is 53.3 Å². The number of aromatic nitrogens is 2. The summed E-state index contributed by atoms with van der Waals surface area (Å²) in [6, 6.07) is 12.5. The van der Waals surface area contributed by atoms with Gasteiger partial charge in [0, 0.05) is 5.39 Å². The summed E-state index contributed by atoms with van der Waals surface area (Å²) in [6.45, 7) is 3.62. The topological polar surface area (TPSA) is 87.5 Å². The lowest BCUT2D eigenvalue weighted by Crippen LogP contribution is -2.28. The van der Waals surface area contributed by atoms with Gasteiger partial charge in [-0.25, -0.2) is 14.3 Å². The smallest absolute Gasteiger partial charge is 0.364 e. The van der Waals surface area contributed by atoms with Gasteiger partial charge in [0.15, 0.2) is 5.69 Å². The van der Waals surface area contributed by atoms with Crippen molar-refractivity contribution in [2.24, 2.45) is 0 Å². The fraction of sp³-hybridized carbons (Fsp3) is 0.200. The number of esters is 2. The Morgan fingerprint density at radius 3 is 2.19 bits per heavy atom. The van der Waals surface area contributed by atoms with Gasteiger partial charge >= 0.3 is 11.9 Å². The minimum Gasteiger partial charge on any atom is -0.465 e. The van der Waals surface area contributed by atoms with Crippen molar-refractivity contribution in [3.8, 4) is 5.75 Å². The van der Waals surface area contributed by atoms with E-state index in [1.807, 2.05) is 13.8 Å². The molecule has 1 aromatic heterocycles. The molecule has 0 aliphatic carbocycles. The third-order valence-corrected chi connectivity index (χ3v) is 4.00. The molecule has 0 unspecified atom stereocenters. The van der Waals surface area contributed by atoms with E-state index >= 15 is 0 Å². The summed E-state index contributed by atoms with van der Waals surface area (Å²) in [5, 5.41) is 5.03. The van der Waals surface area contributed by atoms with Crippen molar-refractivity contribution in [1.29, 1.82) is 0 Å². The van der Waals surface area contributed by atoms with Crippen LogP contribution in [0.1, 0.15) is 40.7 Å². The number of fused-ring (bicyclic) bond motifs is 1. The molecule has 0 aliphatic rings. The maximum atomic E-state index is 12.7. The van der Waals surface area contributed by atoms with Crippen molar-refractivity contribution in [1.82, 2.24) is 9.78 Å². The first kappa shape index (κ1) is 18.3. The van der Waals surface area contributed by atoms with Crippen LogP contribution < -0.4 is 10.3 Å². The van der Waals surface area contributed by atoms with Gasteiger partial charge in [0.25, 0.3) is 5.56 Å². The number of hydrogen-bond acceptors (Lipinski definition) is 6. The van der Waals surface area contributed by atoms with Crippen molar-refractivity contribution in [2.75, 3.05) is 7.11 Å². The van der Waals surface area contributed by atoms with Gasteiger partial charge in [-0.3, -0.25) is 4.79 Å². The molecule has 27 heavy (non-hydrogen) atoms. The van der Waals surface area contributed by atoms with Crippen LogP contribution in [0.2, 0.25) is 0 Å². The molecule has 3 aromatic rings. The molecule has 0 saturated heterocycles. The second kappa shape index (κ2) is 7.41. The summed E-state index contributed by atoms with van der Waals surface area (Å²) >= 11 is 0. The number of carbonyl (C=O) groups is 2. The van der Waals surface area contributed by atoms with Crippen LogP contribution in [0, 0.1) is 0 Å². The lowest BCUT2D eigenvalue weighted by Gasteiger charge is -2.13. The van der Waals surface area contributed by atoms with E-state index in [1.54, 1.807) is 24.3 Å². The second-order valence-corrected chi connectivity index (χ2v) is 6.14. The first-order chi connectivity index (χ1) is 12.9. The molecule has 2 aromatic carbocycles. The molecule has 0 spiro atoms. The fourth-order valence-corrected chi connectivity index (χ4v) is 2.64. The Morgan fingerprint density at radius 1 is 0.963 bits per heavy atom. The molecule has 0 aliphatic heterocycles. The summed E-state index contributed by atoms with van der Waals surface area (Å²) in [6.07, 6.45) is 0. The summed E-state index contributed by atoms with van der Waals surface area (Å²) in [4.78, 5) is 36.7. The molecule has 3 rings (SSSR count). The highest BCUT2D eigenvalue weighted by Crippen LogP contribution is 2.19. The SMILES string of the molecule is COC(=O)c1ccc(OC(=O)c2nn(C(C)C)c(=O)c3ccccc23)cc1. The van der Waals surface area contributed by atoms with E-state index in [4.69, 9.17) is 4.74 Å². The molecule has 0 radical (unpaired) electrons. The van der Waals surface area contributed by atoms with Gasteiger partial charge in [-0.15, -0.1) is 0 Å². The number of nitrogens with zero attached hydrogens (tertiary/aromatic N) is 2. The summed E-state index contributed by atoms with van der Waals surface area (Å²) in [5.41, 5.74) is 0.129. The van der Waals surface area contributed by atoms with E-state index in [2.05, 4.69) is 9.84 Å². The number of ether oxygens (including phenoxy) is 2. The minimum atomic E-state index is -0.689. The van der Waals surface area contributed by atoms with Gasteiger partial charge in [0.05, 0.1) is 24.1 Å². The van der Waals surface area contributed by atoms with E-state index in [-0.39, 0.29) is 23.0 Å². The maximum absolute atomic E-state index is 12.7. The Bertz CT molecular complexity index is 1070. The molecule has 0 bridgehead atoms. The lowest BCUT2D eigenvalue weighted by molar-refractivity contribution is 0.0600. The van der Waals surface area contributed by atoms with Gasteiger partial charge in [0.2, 0.25) is 0 Å². The first-order valence-corrected chi connectivity index (χ1v) is 8.34. The van der Waals surface area contributed by atoms with Crippen LogP contribution in [0.5, 0.6) is 5.75 Å². The van der Waals surface area contributed by atoms with E-state index in [0.29, 0.717) is 16.3 Å². The quantitative estimate of drug-likeness (QED) is 0.521. The van der Waals surface area contributed by atoms with Crippen molar-refractivity contribution >= 4 is 22.7 Å². The highest BCUT2D eigenvalue weighted by molar-refractivity contribution is 6.03. The van der Waals surface area contributed by atoms with E-state index < -0.39 is 11.9 Å². The van der Waals surface area contributed by atoms with Crippen molar-refractivity contribution in [2.45, 2.75) is 19.9 Å². The zero-order valence-electron chi connectivity index (χ0n) is 15.1. The van der Waals surface area contributed by atoms with Crippen molar-refractivity contribution < 1.29 is 19.1 Å². The van der Waals surface area contributed by atoms with E-state index in [9.17, 15) is 14.4 Å². The lowest BCUT2D eigenvalue weighted by atomic mass is 10.1. The molecular weight excluding hydrogens is 348 g/mol. The molecular formula is C20H18N2O5. The van der Waals surface area contributed by atoms with Gasteiger partial charge in [0.1, 0.15) is 5.75 Å². The summed E-state index contributed by atoms with van der Waals surface area (Å²) < 4.78 is 11.3. The van der Waals surface area contributed by atoms with Crippen LogP contribution >= 0.6 is 0 Å².